The first kappa shape index (κ1) is 19.9. The molecule has 1 heterocycles. The van der Waals surface area contributed by atoms with Crippen LogP contribution < -0.4 is 10.6 Å². The summed E-state index contributed by atoms with van der Waals surface area (Å²) in [6, 6.07) is 0.383. The first-order chi connectivity index (χ1) is 12.1. The number of nitrogens with one attached hydrogen (secondary N) is 2. The zero-order valence-electron chi connectivity index (χ0n) is 15.8. The van der Waals surface area contributed by atoms with Crippen molar-refractivity contribution >= 4 is 16.8 Å². The lowest BCUT2D eigenvalue weighted by atomic mass is 9.95. The molecule has 1 saturated carbocycles. The van der Waals surface area contributed by atoms with Crippen molar-refractivity contribution in [2.24, 2.45) is 4.99 Å². The summed E-state index contributed by atoms with van der Waals surface area (Å²) < 4.78 is 14.2. The van der Waals surface area contributed by atoms with E-state index in [0.717, 1.165) is 69.2 Å². The Balaban J connectivity index is 1.66. The molecule has 0 amide bonds. The van der Waals surface area contributed by atoms with Crippen molar-refractivity contribution < 1.29 is 4.21 Å². The fourth-order valence-corrected chi connectivity index (χ4v) is 4.74. The second-order valence-electron chi connectivity index (χ2n) is 6.67. The highest BCUT2D eigenvalue weighted by Crippen LogP contribution is 2.22. The van der Waals surface area contributed by atoms with Crippen molar-refractivity contribution in [3.05, 3.63) is 18.2 Å². The van der Waals surface area contributed by atoms with Crippen LogP contribution in [0.4, 0.5) is 0 Å². The number of rotatable bonds is 8. The monoisotopic (exact) mass is 367 g/mol. The summed E-state index contributed by atoms with van der Waals surface area (Å²) in [6.45, 7) is 5.96. The minimum absolute atomic E-state index is 0.341. The number of aromatic nitrogens is 2. The van der Waals surface area contributed by atoms with E-state index in [1.54, 1.807) is 0 Å². The lowest BCUT2D eigenvalue weighted by Crippen LogP contribution is -2.46. The number of aliphatic imine (C=N–C) groups is 1. The van der Waals surface area contributed by atoms with Crippen LogP contribution in [0, 0.1) is 6.92 Å². The molecule has 2 N–H and O–H groups in total. The van der Waals surface area contributed by atoms with Crippen LogP contribution >= 0.6 is 0 Å². The number of nitrogens with zero attached hydrogens (tertiary/aromatic N) is 3. The molecule has 0 bridgehead atoms. The number of unbranched alkanes of at least 4 members (excludes halogenated alkanes) is 1. The van der Waals surface area contributed by atoms with Crippen molar-refractivity contribution in [1.82, 2.24) is 20.2 Å². The van der Waals surface area contributed by atoms with Gasteiger partial charge >= 0.3 is 0 Å². The van der Waals surface area contributed by atoms with E-state index in [1.165, 1.54) is 0 Å². The molecule has 0 aromatic carbocycles. The molecule has 1 aliphatic carbocycles. The summed E-state index contributed by atoms with van der Waals surface area (Å²) in [4.78, 5) is 8.58. The topological polar surface area (TPSA) is 71.3 Å². The molecule has 1 fully saturated rings. The van der Waals surface area contributed by atoms with Crippen LogP contribution in [0.1, 0.15) is 51.3 Å². The molecule has 3 unspecified atom stereocenters. The quantitative estimate of drug-likeness (QED) is 0.420. The molecule has 0 aliphatic heterocycles. The second-order valence-corrected chi connectivity index (χ2v) is 8.68. The van der Waals surface area contributed by atoms with E-state index in [-0.39, 0.29) is 0 Å². The van der Waals surface area contributed by atoms with E-state index in [0.29, 0.717) is 11.3 Å². The van der Waals surface area contributed by atoms with Crippen molar-refractivity contribution in [3.63, 3.8) is 0 Å². The third kappa shape index (κ3) is 6.45. The van der Waals surface area contributed by atoms with E-state index in [2.05, 4.69) is 25.2 Å². The van der Waals surface area contributed by atoms with Crippen molar-refractivity contribution in [1.29, 1.82) is 0 Å². The van der Waals surface area contributed by atoms with Crippen molar-refractivity contribution in [2.45, 2.75) is 70.2 Å². The van der Waals surface area contributed by atoms with Crippen LogP contribution in [0.2, 0.25) is 0 Å². The lowest BCUT2D eigenvalue weighted by Gasteiger charge is -2.30. The smallest absolute Gasteiger partial charge is 0.191 e. The Morgan fingerprint density at radius 2 is 2.28 bits per heavy atom. The Labute approximate surface area is 154 Å². The van der Waals surface area contributed by atoms with Gasteiger partial charge in [0.05, 0.1) is 0 Å². The second kappa shape index (κ2) is 10.6. The summed E-state index contributed by atoms with van der Waals surface area (Å²) >= 11 is 0. The van der Waals surface area contributed by atoms with E-state index in [1.807, 2.05) is 33.3 Å². The Kier molecular flexibility index (Phi) is 8.44. The van der Waals surface area contributed by atoms with Crippen LogP contribution in [0.25, 0.3) is 0 Å². The summed E-state index contributed by atoms with van der Waals surface area (Å²) in [5, 5.41) is 7.27. The third-order valence-corrected chi connectivity index (χ3v) is 6.63. The molecular formula is C18H33N5OS. The van der Waals surface area contributed by atoms with E-state index in [4.69, 9.17) is 0 Å². The Hall–Kier alpha value is -1.37. The molecule has 1 aliphatic rings. The van der Waals surface area contributed by atoms with E-state index in [9.17, 15) is 4.21 Å². The third-order valence-electron chi connectivity index (χ3n) is 4.89. The van der Waals surface area contributed by atoms with Gasteiger partial charge in [-0.2, -0.15) is 0 Å². The van der Waals surface area contributed by atoms with Gasteiger partial charge in [0.25, 0.3) is 0 Å². The maximum Gasteiger partial charge on any atom is 0.191 e. The standard InChI is InChI=1S/C18H33N5OS/c1-4-25(24)17-9-7-8-16(14-17)22-18(19-3)21-10-5-6-12-23-13-11-20-15(23)2/h11,13,16-17H,4-10,12,14H2,1-3H3,(H2,19,21,22). The number of hydrogen-bond donors (Lipinski definition) is 2. The van der Waals surface area contributed by atoms with Gasteiger partial charge in [0.2, 0.25) is 0 Å². The average molecular weight is 368 g/mol. The predicted molar refractivity (Wildman–Crippen MR) is 105 cm³/mol. The van der Waals surface area contributed by atoms with Crippen LogP contribution in [0.3, 0.4) is 0 Å². The van der Waals surface area contributed by atoms with Crippen LogP contribution in [0.15, 0.2) is 17.4 Å². The van der Waals surface area contributed by atoms with Gasteiger partial charge in [-0.1, -0.05) is 13.3 Å². The summed E-state index contributed by atoms with van der Waals surface area (Å²) in [5.74, 6) is 2.70. The fourth-order valence-electron chi connectivity index (χ4n) is 3.39. The molecule has 6 nitrogen and oxygen atoms in total. The van der Waals surface area contributed by atoms with Crippen LogP contribution in [-0.2, 0) is 17.3 Å². The van der Waals surface area contributed by atoms with Crippen LogP contribution in [-0.4, -0.2) is 50.4 Å². The zero-order chi connectivity index (χ0) is 18.1. The molecule has 25 heavy (non-hydrogen) atoms. The fraction of sp³-hybridized carbons (Fsp3) is 0.778. The van der Waals surface area contributed by atoms with Gasteiger partial charge in [0.15, 0.2) is 5.96 Å². The number of imidazole rings is 1. The van der Waals surface area contributed by atoms with Gasteiger partial charge in [0, 0.05) is 60.4 Å². The number of aryl methyl sites for hydroxylation is 2. The van der Waals surface area contributed by atoms with Gasteiger partial charge in [0.1, 0.15) is 5.82 Å². The lowest BCUT2D eigenvalue weighted by molar-refractivity contribution is 0.413. The SMILES string of the molecule is CCS(=O)C1CCCC(NC(=NC)NCCCCn2ccnc2C)C1. The molecule has 142 valence electrons. The van der Waals surface area contributed by atoms with E-state index >= 15 is 0 Å². The Bertz CT molecular complexity index is 572. The first-order valence-electron chi connectivity index (χ1n) is 9.46. The summed E-state index contributed by atoms with van der Waals surface area (Å²) in [7, 11) is 1.13. The summed E-state index contributed by atoms with van der Waals surface area (Å²) in [6.07, 6.45) is 10.5. The molecule has 0 saturated heterocycles. The molecule has 3 atom stereocenters. The van der Waals surface area contributed by atoms with Gasteiger partial charge in [-0.15, -0.1) is 0 Å². The summed E-state index contributed by atoms with van der Waals surface area (Å²) in [5.41, 5.74) is 0. The highest BCUT2D eigenvalue weighted by atomic mass is 32.2. The maximum atomic E-state index is 12.1. The minimum atomic E-state index is -0.683. The highest BCUT2D eigenvalue weighted by Gasteiger charge is 2.25. The highest BCUT2D eigenvalue weighted by molar-refractivity contribution is 7.85. The molecular weight excluding hydrogens is 334 g/mol. The minimum Gasteiger partial charge on any atom is -0.356 e. The van der Waals surface area contributed by atoms with Gasteiger partial charge < -0.3 is 15.2 Å². The first-order valence-corrected chi connectivity index (χ1v) is 10.8. The largest absolute Gasteiger partial charge is 0.356 e. The van der Waals surface area contributed by atoms with Crippen LogP contribution in [0.5, 0.6) is 0 Å². The predicted octanol–water partition coefficient (Wildman–Crippen LogP) is 2.22. The van der Waals surface area contributed by atoms with Gasteiger partial charge in [-0.05, 0) is 39.0 Å². The van der Waals surface area contributed by atoms with Gasteiger partial charge in [-0.3, -0.25) is 9.20 Å². The molecule has 7 heteroatoms. The average Bonchev–Trinajstić information content (AvgIpc) is 3.04. The number of guanidine groups is 1. The number of hydrogen-bond acceptors (Lipinski definition) is 3. The van der Waals surface area contributed by atoms with Crippen molar-refractivity contribution in [2.75, 3.05) is 19.3 Å². The molecule has 0 radical (unpaired) electrons. The molecule has 1 aromatic heterocycles. The Morgan fingerprint density at radius 3 is 2.96 bits per heavy atom. The Morgan fingerprint density at radius 1 is 1.44 bits per heavy atom. The maximum absolute atomic E-state index is 12.1. The van der Waals surface area contributed by atoms with Crippen molar-refractivity contribution in [3.8, 4) is 0 Å². The molecule has 1 aromatic rings. The molecule has 0 spiro atoms. The normalized spacial score (nSPS) is 22.6. The van der Waals surface area contributed by atoms with E-state index < -0.39 is 10.8 Å². The van der Waals surface area contributed by atoms with Gasteiger partial charge in [-0.25, -0.2) is 4.98 Å². The molecule has 2 rings (SSSR count). The zero-order valence-corrected chi connectivity index (χ0v) is 16.6.